The second-order valence-electron chi connectivity index (χ2n) is 7.34. The van der Waals surface area contributed by atoms with Crippen LogP contribution in [0.25, 0.3) is 10.2 Å². The molecule has 1 fully saturated rings. The van der Waals surface area contributed by atoms with Crippen molar-refractivity contribution in [2.24, 2.45) is 5.92 Å². The first-order valence-corrected chi connectivity index (χ1v) is 10.6. The molecular formula is C22H23FN2O3S. The number of halogens is 1. The molecule has 4 rings (SSSR count). The number of aromatic nitrogens is 1. The fourth-order valence-corrected chi connectivity index (χ4v) is 4.84. The summed E-state index contributed by atoms with van der Waals surface area (Å²) < 4.78 is 21.0. The average Bonchev–Trinajstić information content (AvgIpc) is 3.06. The molecule has 0 amide bonds. The highest BCUT2D eigenvalue weighted by Gasteiger charge is 2.25. The molecule has 1 aliphatic heterocycles. The van der Waals surface area contributed by atoms with Crippen molar-refractivity contribution in [2.45, 2.75) is 19.4 Å². The van der Waals surface area contributed by atoms with Gasteiger partial charge in [0.2, 0.25) is 0 Å². The standard InChI is InChI=1S/C22H23FN2O3S/c1-28-18-6-7-19-20(14-18)29-22(27)25(19)13-12-24-10-8-16(9-11-24)21(26)15-2-4-17(23)5-3-15/h2-7,14,16H,8-13H2,1H3. The van der Waals surface area contributed by atoms with E-state index in [9.17, 15) is 14.0 Å². The maximum atomic E-state index is 13.1. The number of carbonyl (C=O) groups is 1. The zero-order valence-corrected chi connectivity index (χ0v) is 17.1. The second-order valence-corrected chi connectivity index (χ2v) is 8.33. The van der Waals surface area contributed by atoms with E-state index in [2.05, 4.69) is 4.90 Å². The quantitative estimate of drug-likeness (QED) is 0.576. The smallest absolute Gasteiger partial charge is 0.308 e. The lowest BCUT2D eigenvalue weighted by molar-refractivity contribution is 0.0837. The van der Waals surface area contributed by atoms with Gasteiger partial charge >= 0.3 is 4.87 Å². The molecule has 1 aromatic heterocycles. The van der Waals surface area contributed by atoms with E-state index in [0.717, 1.165) is 48.4 Å². The number of benzene rings is 2. The summed E-state index contributed by atoms with van der Waals surface area (Å²) in [4.78, 5) is 27.3. The SMILES string of the molecule is COc1ccc2c(c1)sc(=O)n2CCN1CCC(C(=O)c2ccc(F)cc2)CC1. The van der Waals surface area contributed by atoms with Gasteiger partial charge in [0, 0.05) is 24.6 Å². The third kappa shape index (κ3) is 4.26. The summed E-state index contributed by atoms with van der Waals surface area (Å²) in [5, 5.41) is 0. The Balaban J connectivity index is 1.35. The van der Waals surface area contributed by atoms with E-state index in [0.29, 0.717) is 12.1 Å². The lowest BCUT2D eigenvalue weighted by atomic mass is 9.89. The Kier molecular flexibility index (Phi) is 5.78. The molecule has 0 spiro atoms. The van der Waals surface area contributed by atoms with Crippen molar-refractivity contribution in [3.8, 4) is 5.75 Å². The van der Waals surface area contributed by atoms with Crippen LogP contribution in [0, 0.1) is 11.7 Å². The van der Waals surface area contributed by atoms with Crippen LogP contribution in [0.2, 0.25) is 0 Å². The van der Waals surface area contributed by atoms with Gasteiger partial charge in [-0.1, -0.05) is 11.3 Å². The molecule has 0 unspecified atom stereocenters. The predicted octanol–water partition coefficient (Wildman–Crippen LogP) is 3.81. The van der Waals surface area contributed by atoms with E-state index in [4.69, 9.17) is 4.74 Å². The Labute approximate surface area is 172 Å². The summed E-state index contributed by atoms with van der Waals surface area (Å²) in [6, 6.07) is 11.5. The minimum atomic E-state index is -0.328. The van der Waals surface area contributed by atoms with E-state index >= 15 is 0 Å². The first-order chi connectivity index (χ1) is 14.0. The van der Waals surface area contributed by atoms with Crippen LogP contribution in [0.1, 0.15) is 23.2 Å². The maximum absolute atomic E-state index is 13.1. The minimum absolute atomic E-state index is 0.0196. The fraction of sp³-hybridized carbons (Fsp3) is 0.364. The Morgan fingerprint density at radius 3 is 2.55 bits per heavy atom. The lowest BCUT2D eigenvalue weighted by Gasteiger charge is -2.31. The van der Waals surface area contributed by atoms with Crippen LogP contribution in [0.5, 0.6) is 5.75 Å². The van der Waals surface area contributed by atoms with Crippen molar-refractivity contribution >= 4 is 27.3 Å². The molecule has 0 N–H and O–H groups in total. The number of piperidine rings is 1. The molecule has 0 bridgehead atoms. The molecule has 7 heteroatoms. The first kappa shape index (κ1) is 19.8. The predicted molar refractivity (Wildman–Crippen MR) is 113 cm³/mol. The molecule has 0 atom stereocenters. The van der Waals surface area contributed by atoms with Crippen molar-refractivity contribution in [3.63, 3.8) is 0 Å². The number of carbonyl (C=O) groups excluding carboxylic acids is 1. The third-order valence-electron chi connectivity index (χ3n) is 5.60. The van der Waals surface area contributed by atoms with E-state index in [1.165, 1.54) is 23.5 Å². The number of rotatable bonds is 6. The van der Waals surface area contributed by atoms with Crippen LogP contribution in [-0.2, 0) is 6.54 Å². The van der Waals surface area contributed by atoms with Gasteiger partial charge in [0.05, 0.1) is 17.3 Å². The topological polar surface area (TPSA) is 51.5 Å². The highest BCUT2D eigenvalue weighted by molar-refractivity contribution is 7.16. The van der Waals surface area contributed by atoms with Gasteiger partial charge in [0.25, 0.3) is 0 Å². The van der Waals surface area contributed by atoms with Crippen LogP contribution in [0.15, 0.2) is 47.3 Å². The van der Waals surface area contributed by atoms with Crippen LogP contribution in [0.3, 0.4) is 0 Å². The highest BCUT2D eigenvalue weighted by Crippen LogP contribution is 2.24. The number of fused-ring (bicyclic) bond motifs is 1. The third-order valence-corrected chi connectivity index (χ3v) is 6.54. The number of ketones is 1. The van der Waals surface area contributed by atoms with Gasteiger partial charge < -0.3 is 9.64 Å². The summed E-state index contributed by atoms with van der Waals surface area (Å²) in [7, 11) is 1.62. The zero-order chi connectivity index (χ0) is 20.4. The molecule has 152 valence electrons. The number of ether oxygens (including phenoxy) is 1. The summed E-state index contributed by atoms with van der Waals surface area (Å²) in [5.74, 6) is 0.498. The average molecular weight is 415 g/mol. The van der Waals surface area contributed by atoms with E-state index < -0.39 is 0 Å². The number of nitrogens with zero attached hydrogens (tertiary/aromatic N) is 2. The van der Waals surface area contributed by atoms with Crippen molar-refractivity contribution in [3.05, 3.63) is 63.5 Å². The Morgan fingerprint density at radius 2 is 1.86 bits per heavy atom. The fourth-order valence-electron chi connectivity index (χ4n) is 3.90. The summed E-state index contributed by atoms with van der Waals surface area (Å²) in [6.07, 6.45) is 1.57. The number of thiazole rings is 1. The van der Waals surface area contributed by atoms with Gasteiger partial charge in [0.1, 0.15) is 11.6 Å². The molecule has 2 heterocycles. The van der Waals surface area contributed by atoms with E-state index in [1.54, 1.807) is 19.2 Å². The Bertz CT molecular complexity index is 1070. The normalized spacial score (nSPS) is 15.7. The summed E-state index contributed by atoms with van der Waals surface area (Å²) >= 11 is 1.24. The molecule has 29 heavy (non-hydrogen) atoms. The zero-order valence-electron chi connectivity index (χ0n) is 16.3. The Hall–Kier alpha value is -2.51. The van der Waals surface area contributed by atoms with Gasteiger partial charge in [-0.3, -0.25) is 14.2 Å². The number of methoxy groups -OCH3 is 1. The van der Waals surface area contributed by atoms with Crippen LogP contribution < -0.4 is 9.61 Å². The molecule has 0 radical (unpaired) electrons. The van der Waals surface area contributed by atoms with Gasteiger partial charge in [0.15, 0.2) is 5.78 Å². The van der Waals surface area contributed by atoms with Gasteiger partial charge in [-0.15, -0.1) is 0 Å². The molecule has 0 saturated carbocycles. The molecule has 1 aliphatic rings. The van der Waals surface area contributed by atoms with Crippen molar-refractivity contribution in [2.75, 3.05) is 26.7 Å². The van der Waals surface area contributed by atoms with Gasteiger partial charge in [-0.2, -0.15) is 0 Å². The van der Waals surface area contributed by atoms with Gasteiger partial charge in [-0.25, -0.2) is 4.39 Å². The molecule has 3 aromatic rings. The monoisotopic (exact) mass is 414 g/mol. The minimum Gasteiger partial charge on any atom is -0.497 e. The molecule has 5 nitrogen and oxygen atoms in total. The number of hydrogen-bond acceptors (Lipinski definition) is 5. The lowest BCUT2D eigenvalue weighted by Crippen LogP contribution is -2.38. The number of hydrogen-bond donors (Lipinski definition) is 0. The summed E-state index contributed by atoms with van der Waals surface area (Å²) in [5.41, 5.74) is 1.51. The largest absolute Gasteiger partial charge is 0.497 e. The number of Topliss-reactive ketones (excluding diaryl/α,β-unsaturated/α-hetero) is 1. The second kappa shape index (κ2) is 8.47. The van der Waals surface area contributed by atoms with Crippen LogP contribution >= 0.6 is 11.3 Å². The van der Waals surface area contributed by atoms with Crippen LogP contribution in [-0.4, -0.2) is 42.0 Å². The molecule has 1 saturated heterocycles. The summed E-state index contributed by atoms with van der Waals surface area (Å²) in [6.45, 7) is 3.04. The number of likely N-dealkylation sites (tertiary alicyclic amines) is 1. The Morgan fingerprint density at radius 1 is 1.14 bits per heavy atom. The van der Waals surface area contributed by atoms with E-state index in [1.807, 2.05) is 22.8 Å². The van der Waals surface area contributed by atoms with Crippen molar-refractivity contribution < 1.29 is 13.9 Å². The highest BCUT2D eigenvalue weighted by atomic mass is 32.1. The van der Waals surface area contributed by atoms with Crippen molar-refractivity contribution in [1.29, 1.82) is 0 Å². The molecule has 2 aromatic carbocycles. The molecule has 0 aliphatic carbocycles. The molecular weight excluding hydrogens is 391 g/mol. The van der Waals surface area contributed by atoms with Crippen LogP contribution in [0.4, 0.5) is 4.39 Å². The van der Waals surface area contributed by atoms with E-state index in [-0.39, 0.29) is 22.4 Å². The maximum Gasteiger partial charge on any atom is 0.308 e. The first-order valence-electron chi connectivity index (χ1n) is 9.74. The van der Waals surface area contributed by atoms with Crippen molar-refractivity contribution in [1.82, 2.24) is 9.47 Å². The van der Waals surface area contributed by atoms with Gasteiger partial charge in [-0.05, 0) is 68.4 Å².